The van der Waals surface area contributed by atoms with Gasteiger partial charge >= 0.3 is 0 Å². The number of hydrogen-bond donors (Lipinski definition) is 0. The highest BCUT2D eigenvalue weighted by atomic mass is 79.9. The van der Waals surface area contributed by atoms with Crippen molar-refractivity contribution in [3.8, 4) is 5.75 Å². The molecule has 0 unspecified atom stereocenters. The Morgan fingerprint density at radius 1 is 1.31 bits per heavy atom. The number of aryl methyl sites for hydroxylation is 1. The number of alkyl halides is 1. The summed E-state index contributed by atoms with van der Waals surface area (Å²) < 4.78 is 6.00. The highest BCUT2D eigenvalue weighted by Crippen LogP contribution is 2.42. The van der Waals surface area contributed by atoms with E-state index in [2.05, 4.69) is 47.1 Å². The molecule has 1 aliphatic carbocycles. The van der Waals surface area contributed by atoms with Gasteiger partial charge in [-0.05, 0) is 30.9 Å². The maximum absolute atomic E-state index is 6.00. The molecule has 0 heterocycles. The van der Waals surface area contributed by atoms with Crippen molar-refractivity contribution in [2.75, 3.05) is 11.9 Å². The Morgan fingerprint density at radius 3 is 2.62 bits per heavy atom. The van der Waals surface area contributed by atoms with Crippen LogP contribution < -0.4 is 4.74 Å². The molecule has 0 N–H and O–H groups in total. The van der Waals surface area contributed by atoms with Crippen LogP contribution in [0.3, 0.4) is 0 Å². The second-order valence-corrected chi connectivity index (χ2v) is 5.30. The molecular weight excluding hydrogens is 264 g/mol. The zero-order valence-corrected chi connectivity index (χ0v) is 11.4. The molecule has 0 spiro atoms. The molecule has 2 heteroatoms. The number of halogens is 1. The van der Waals surface area contributed by atoms with Gasteiger partial charge in [-0.2, -0.15) is 0 Å². The quantitative estimate of drug-likeness (QED) is 0.736. The summed E-state index contributed by atoms with van der Waals surface area (Å²) in [5.41, 5.74) is 1.72. The molecule has 0 atom stereocenters. The van der Waals surface area contributed by atoms with Crippen molar-refractivity contribution < 1.29 is 4.74 Å². The maximum atomic E-state index is 6.00. The van der Waals surface area contributed by atoms with Gasteiger partial charge in [0.15, 0.2) is 0 Å². The third kappa shape index (κ3) is 2.42. The van der Waals surface area contributed by atoms with Crippen molar-refractivity contribution >= 4 is 15.9 Å². The lowest BCUT2D eigenvalue weighted by Crippen LogP contribution is -2.37. The lowest BCUT2D eigenvalue weighted by molar-refractivity contribution is 0.0833. The van der Waals surface area contributed by atoms with E-state index >= 15 is 0 Å². The van der Waals surface area contributed by atoms with Crippen LogP contribution >= 0.6 is 15.9 Å². The monoisotopic (exact) mass is 282 g/mol. The molecule has 1 aromatic carbocycles. The molecule has 0 amide bonds. The number of rotatable bonds is 5. The summed E-state index contributed by atoms with van der Waals surface area (Å²) in [5, 5.41) is 1.06. The minimum absolute atomic E-state index is 0.404. The van der Waals surface area contributed by atoms with Gasteiger partial charge in [-0.1, -0.05) is 47.5 Å². The van der Waals surface area contributed by atoms with Crippen LogP contribution in [0.15, 0.2) is 24.3 Å². The van der Waals surface area contributed by atoms with Crippen molar-refractivity contribution in [1.29, 1.82) is 0 Å². The fraction of sp³-hybridized carbons (Fsp3) is 0.571. The van der Waals surface area contributed by atoms with E-state index in [-0.39, 0.29) is 0 Å². The molecule has 2 rings (SSSR count). The zero-order chi connectivity index (χ0) is 11.4. The molecule has 1 aliphatic rings. The molecular formula is C14H19BrO. The summed E-state index contributed by atoms with van der Waals surface area (Å²) in [6.45, 7) is 3.03. The Kier molecular flexibility index (Phi) is 3.91. The second-order valence-electron chi connectivity index (χ2n) is 4.74. The lowest BCUT2D eigenvalue weighted by atomic mass is 9.71. The van der Waals surface area contributed by atoms with Crippen LogP contribution in [0, 0.1) is 5.41 Å². The van der Waals surface area contributed by atoms with Gasteiger partial charge in [0.25, 0.3) is 0 Å². The Labute approximate surface area is 106 Å². The molecule has 1 saturated carbocycles. The van der Waals surface area contributed by atoms with Gasteiger partial charge in [0.05, 0.1) is 6.61 Å². The topological polar surface area (TPSA) is 9.23 Å². The van der Waals surface area contributed by atoms with Crippen LogP contribution in [0.25, 0.3) is 0 Å². The van der Waals surface area contributed by atoms with E-state index in [4.69, 9.17) is 4.74 Å². The Hall–Kier alpha value is -0.500. The van der Waals surface area contributed by atoms with Crippen LogP contribution in [-0.2, 0) is 6.42 Å². The standard InChI is InChI=1S/C14H19BrO/c1-2-12-6-3-4-7-13(12)16-11-14(10-15)8-5-9-14/h3-4,6-7H,2,5,8-11H2,1H3. The number of benzene rings is 1. The first-order chi connectivity index (χ1) is 7.79. The molecule has 1 nitrogen and oxygen atoms in total. The zero-order valence-electron chi connectivity index (χ0n) is 9.84. The van der Waals surface area contributed by atoms with Crippen LogP contribution in [0.1, 0.15) is 31.7 Å². The fourth-order valence-corrected chi connectivity index (χ4v) is 2.88. The van der Waals surface area contributed by atoms with Gasteiger partial charge in [0, 0.05) is 10.7 Å². The SMILES string of the molecule is CCc1ccccc1OCC1(CBr)CCC1. The average molecular weight is 283 g/mol. The van der Waals surface area contributed by atoms with Crippen LogP contribution in [-0.4, -0.2) is 11.9 Å². The van der Waals surface area contributed by atoms with Crippen LogP contribution in [0.5, 0.6) is 5.75 Å². The molecule has 0 radical (unpaired) electrons. The third-order valence-electron chi connectivity index (χ3n) is 3.59. The summed E-state index contributed by atoms with van der Waals surface area (Å²) in [7, 11) is 0. The Balaban J connectivity index is 1.98. The molecule has 16 heavy (non-hydrogen) atoms. The lowest BCUT2D eigenvalue weighted by Gasteiger charge is -2.40. The van der Waals surface area contributed by atoms with Gasteiger partial charge in [0.2, 0.25) is 0 Å². The van der Waals surface area contributed by atoms with Crippen molar-refractivity contribution in [1.82, 2.24) is 0 Å². The van der Waals surface area contributed by atoms with E-state index in [1.165, 1.54) is 24.8 Å². The van der Waals surface area contributed by atoms with E-state index in [9.17, 15) is 0 Å². The number of para-hydroxylation sites is 1. The minimum atomic E-state index is 0.404. The van der Waals surface area contributed by atoms with Crippen molar-refractivity contribution in [3.05, 3.63) is 29.8 Å². The van der Waals surface area contributed by atoms with Gasteiger partial charge in [0.1, 0.15) is 5.75 Å². The molecule has 0 aliphatic heterocycles. The minimum Gasteiger partial charge on any atom is -0.493 e. The van der Waals surface area contributed by atoms with Gasteiger partial charge in [-0.15, -0.1) is 0 Å². The predicted octanol–water partition coefficient (Wildman–Crippen LogP) is 4.19. The number of ether oxygens (including phenoxy) is 1. The van der Waals surface area contributed by atoms with Crippen LogP contribution in [0.4, 0.5) is 0 Å². The highest BCUT2D eigenvalue weighted by molar-refractivity contribution is 9.09. The van der Waals surface area contributed by atoms with E-state index in [0.29, 0.717) is 5.41 Å². The first-order valence-corrected chi connectivity index (χ1v) is 7.18. The largest absolute Gasteiger partial charge is 0.493 e. The summed E-state index contributed by atoms with van der Waals surface area (Å²) >= 11 is 3.61. The highest BCUT2D eigenvalue weighted by Gasteiger charge is 2.36. The molecule has 1 fully saturated rings. The molecule has 0 saturated heterocycles. The van der Waals surface area contributed by atoms with Gasteiger partial charge in [-0.3, -0.25) is 0 Å². The maximum Gasteiger partial charge on any atom is 0.122 e. The Bertz CT molecular complexity index is 339. The summed E-state index contributed by atoms with van der Waals surface area (Å²) in [5.74, 6) is 1.07. The second kappa shape index (κ2) is 5.22. The van der Waals surface area contributed by atoms with E-state index in [0.717, 1.165) is 24.1 Å². The summed E-state index contributed by atoms with van der Waals surface area (Å²) in [6, 6.07) is 8.36. The van der Waals surface area contributed by atoms with E-state index in [1.807, 2.05) is 0 Å². The fourth-order valence-electron chi connectivity index (χ4n) is 2.16. The van der Waals surface area contributed by atoms with Crippen molar-refractivity contribution in [2.24, 2.45) is 5.41 Å². The summed E-state index contributed by atoms with van der Waals surface area (Å²) in [6.07, 6.45) is 4.99. The molecule has 0 aromatic heterocycles. The first kappa shape index (κ1) is 12.0. The smallest absolute Gasteiger partial charge is 0.122 e. The summed E-state index contributed by atoms with van der Waals surface area (Å²) in [4.78, 5) is 0. The third-order valence-corrected chi connectivity index (χ3v) is 4.77. The normalized spacial score (nSPS) is 17.9. The van der Waals surface area contributed by atoms with Crippen molar-refractivity contribution in [3.63, 3.8) is 0 Å². The van der Waals surface area contributed by atoms with Crippen LogP contribution in [0.2, 0.25) is 0 Å². The predicted molar refractivity (Wildman–Crippen MR) is 71.4 cm³/mol. The molecule has 1 aromatic rings. The molecule has 0 bridgehead atoms. The molecule has 88 valence electrons. The number of hydrogen-bond acceptors (Lipinski definition) is 1. The first-order valence-electron chi connectivity index (χ1n) is 6.06. The average Bonchev–Trinajstić information content (AvgIpc) is 2.29. The van der Waals surface area contributed by atoms with Crippen molar-refractivity contribution in [2.45, 2.75) is 32.6 Å². The van der Waals surface area contributed by atoms with E-state index in [1.54, 1.807) is 0 Å². The van der Waals surface area contributed by atoms with Gasteiger partial charge in [-0.25, -0.2) is 0 Å². The van der Waals surface area contributed by atoms with Gasteiger partial charge < -0.3 is 4.74 Å². The van der Waals surface area contributed by atoms with E-state index < -0.39 is 0 Å². The Morgan fingerprint density at radius 2 is 2.06 bits per heavy atom.